The number of halogens is 2. The van der Waals surface area contributed by atoms with Crippen LogP contribution < -0.4 is 9.47 Å². The largest absolute Gasteiger partial charge is 0.493 e. The van der Waals surface area contributed by atoms with Gasteiger partial charge in [0.1, 0.15) is 5.82 Å². The maximum Gasteiger partial charge on any atom is 0.214 e. The van der Waals surface area contributed by atoms with E-state index in [1.54, 1.807) is 19.2 Å². The van der Waals surface area contributed by atoms with Crippen LogP contribution in [0.4, 0.5) is 4.39 Å². The zero-order valence-corrected chi connectivity index (χ0v) is 16.4. The molecule has 146 valence electrons. The fourth-order valence-corrected chi connectivity index (χ4v) is 4.03. The molecule has 2 heterocycles. The van der Waals surface area contributed by atoms with Gasteiger partial charge in [-0.1, -0.05) is 48.0 Å². The molecule has 0 radical (unpaired) electrons. The third kappa shape index (κ3) is 3.12. The Morgan fingerprint density at radius 2 is 1.83 bits per heavy atom. The molecule has 6 heteroatoms. The van der Waals surface area contributed by atoms with Crippen LogP contribution in [0.25, 0.3) is 0 Å². The number of fused-ring (bicyclic) bond motifs is 3. The van der Waals surface area contributed by atoms with Crippen molar-refractivity contribution in [2.75, 3.05) is 7.11 Å². The van der Waals surface area contributed by atoms with Crippen LogP contribution in [0.15, 0.2) is 71.8 Å². The molecule has 4 nitrogen and oxygen atoms in total. The molecular formula is C23H18ClFN2O2. The maximum atomic E-state index is 13.5. The van der Waals surface area contributed by atoms with E-state index in [0.29, 0.717) is 16.5 Å². The Balaban J connectivity index is 1.61. The second-order valence-electron chi connectivity index (χ2n) is 7.05. The van der Waals surface area contributed by atoms with Crippen molar-refractivity contribution in [2.45, 2.75) is 18.7 Å². The van der Waals surface area contributed by atoms with Crippen molar-refractivity contribution in [3.8, 4) is 11.5 Å². The lowest BCUT2D eigenvalue weighted by molar-refractivity contribution is -0.0209. The molecule has 0 N–H and O–H groups in total. The number of methoxy groups -OCH3 is 1. The summed E-state index contributed by atoms with van der Waals surface area (Å²) in [6.07, 6.45) is 0.247. The predicted octanol–water partition coefficient (Wildman–Crippen LogP) is 5.73. The van der Waals surface area contributed by atoms with E-state index in [0.717, 1.165) is 28.8 Å². The van der Waals surface area contributed by atoms with E-state index in [1.165, 1.54) is 12.1 Å². The SMILES string of the molecule is COc1cccc2c1O[C@@H](c1ccc(F)cc1)N1N=C(c3ccc(Cl)cc3)C[C@@H]21. The van der Waals surface area contributed by atoms with Crippen molar-refractivity contribution in [1.82, 2.24) is 5.01 Å². The predicted molar refractivity (Wildman–Crippen MR) is 110 cm³/mol. The van der Waals surface area contributed by atoms with Crippen LogP contribution in [-0.4, -0.2) is 17.8 Å². The van der Waals surface area contributed by atoms with Gasteiger partial charge < -0.3 is 9.47 Å². The van der Waals surface area contributed by atoms with Gasteiger partial charge in [-0.15, -0.1) is 0 Å². The van der Waals surface area contributed by atoms with Crippen LogP contribution in [0.1, 0.15) is 35.4 Å². The lowest BCUT2D eigenvalue weighted by Gasteiger charge is -2.38. The Labute approximate surface area is 173 Å². The highest BCUT2D eigenvalue weighted by atomic mass is 35.5. The average Bonchev–Trinajstić information content (AvgIpc) is 3.19. The smallest absolute Gasteiger partial charge is 0.214 e. The minimum atomic E-state index is -0.478. The van der Waals surface area contributed by atoms with E-state index in [9.17, 15) is 4.39 Å². The number of rotatable bonds is 3. The summed E-state index contributed by atoms with van der Waals surface area (Å²) in [6.45, 7) is 0. The maximum absolute atomic E-state index is 13.5. The molecule has 0 saturated carbocycles. The van der Waals surface area contributed by atoms with Crippen molar-refractivity contribution >= 4 is 17.3 Å². The Bertz CT molecular complexity index is 1080. The van der Waals surface area contributed by atoms with E-state index < -0.39 is 6.23 Å². The summed E-state index contributed by atoms with van der Waals surface area (Å²) in [5.41, 5.74) is 3.83. The summed E-state index contributed by atoms with van der Waals surface area (Å²) in [5, 5.41) is 7.54. The molecule has 0 unspecified atom stereocenters. The van der Waals surface area contributed by atoms with E-state index in [2.05, 4.69) is 0 Å². The van der Waals surface area contributed by atoms with Crippen LogP contribution in [-0.2, 0) is 0 Å². The minimum Gasteiger partial charge on any atom is -0.493 e. The second-order valence-corrected chi connectivity index (χ2v) is 7.49. The summed E-state index contributed by atoms with van der Waals surface area (Å²) < 4.78 is 25.4. The molecule has 2 aliphatic rings. The van der Waals surface area contributed by atoms with Gasteiger partial charge in [0.25, 0.3) is 0 Å². The quantitative estimate of drug-likeness (QED) is 0.555. The first-order valence-corrected chi connectivity index (χ1v) is 9.72. The van der Waals surface area contributed by atoms with Gasteiger partial charge in [0.05, 0.1) is 18.9 Å². The molecule has 3 aromatic carbocycles. The molecule has 29 heavy (non-hydrogen) atoms. The number of hydrogen-bond donors (Lipinski definition) is 0. The number of para-hydroxylation sites is 1. The van der Waals surface area contributed by atoms with Crippen LogP contribution in [0.5, 0.6) is 11.5 Å². The number of nitrogens with zero attached hydrogens (tertiary/aromatic N) is 2. The first-order chi connectivity index (χ1) is 14.1. The molecule has 0 spiro atoms. The Hall–Kier alpha value is -3.05. The minimum absolute atomic E-state index is 0.00502. The molecule has 2 atom stereocenters. The van der Waals surface area contributed by atoms with E-state index in [-0.39, 0.29) is 11.9 Å². The Morgan fingerprint density at radius 1 is 1.07 bits per heavy atom. The monoisotopic (exact) mass is 408 g/mol. The molecule has 5 rings (SSSR count). The highest BCUT2D eigenvalue weighted by Gasteiger charge is 2.42. The van der Waals surface area contributed by atoms with Crippen molar-refractivity contribution in [2.24, 2.45) is 5.10 Å². The molecule has 2 aliphatic heterocycles. The second kappa shape index (κ2) is 7.08. The fraction of sp³-hybridized carbons (Fsp3) is 0.174. The van der Waals surface area contributed by atoms with E-state index in [4.69, 9.17) is 26.2 Å². The number of ether oxygens (including phenoxy) is 2. The van der Waals surface area contributed by atoms with Crippen LogP contribution in [0.3, 0.4) is 0 Å². The summed E-state index contributed by atoms with van der Waals surface area (Å²) in [7, 11) is 1.63. The normalized spacial score (nSPS) is 19.8. The third-order valence-electron chi connectivity index (χ3n) is 5.33. The van der Waals surface area contributed by atoms with E-state index in [1.807, 2.05) is 47.5 Å². The van der Waals surface area contributed by atoms with Crippen molar-refractivity contribution in [3.63, 3.8) is 0 Å². The van der Waals surface area contributed by atoms with Gasteiger partial charge in [0.2, 0.25) is 6.23 Å². The standard InChI is InChI=1S/C23H18ClFN2O2/c1-28-21-4-2-3-18-20-13-19(14-5-9-16(24)10-6-14)26-27(20)23(29-22(18)21)15-7-11-17(25)12-8-15/h2-12,20,23H,13H2,1H3/t20-,23-/m0/s1. The summed E-state index contributed by atoms with van der Waals surface area (Å²) in [5.74, 6) is 1.10. The van der Waals surface area contributed by atoms with Gasteiger partial charge in [0, 0.05) is 22.6 Å². The van der Waals surface area contributed by atoms with Crippen LogP contribution in [0, 0.1) is 5.82 Å². The lowest BCUT2D eigenvalue weighted by Crippen LogP contribution is -2.33. The summed E-state index contributed by atoms with van der Waals surface area (Å²) in [4.78, 5) is 0. The first-order valence-electron chi connectivity index (χ1n) is 9.35. The Morgan fingerprint density at radius 3 is 2.55 bits per heavy atom. The molecule has 0 fully saturated rings. The van der Waals surface area contributed by atoms with Gasteiger partial charge in [-0.25, -0.2) is 9.40 Å². The van der Waals surface area contributed by atoms with Gasteiger partial charge in [0.15, 0.2) is 11.5 Å². The zero-order valence-electron chi connectivity index (χ0n) is 15.7. The number of hydrogen-bond acceptors (Lipinski definition) is 4. The highest BCUT2D eigenvalue weighted by Crippen LogP contribution is 2.50. The summed E-state index contributed by atoms with van der Waals surface area (Å²) >= 11 is 6.04. The molecule has 0 amide bonds. The molecule has 0 saturated heterocycles. The zero-order chi connectivity index (χ0) is 20.0. The Kier molecular flexibility index (Phi) is 4.40. The van der Waals surface area contributed by atoms with Gasteiger partial charge in [-0.2, -0.15) is 5.10 Å². The topological polar surface area (TPSA) is 34.1 Å². The van der Waals surface area contributed by atoms with Gasteiger partial charge in [-0.3, -0.25) is 0 Å². The van der Waals surface area contributed by atoms with Crippen molar-refractivity contribution in [1.29, 1.82) is 0 Å². The highest BCUT2D eigenvalue weighted by molar-refractivity contribution is 6.30. The number of benzene rings is 3. The van der Waals surface area contributed by atoms with E-state index >= 15 is 0 Å². The molecule has 0 aliphatic carbocycles. The first kappa shape index (κ1) is 18.0. The van der Waals surface area contributed by atoms with Crippen molar-refractivity contribution in [3.05, 3.63) is 94.3 Å². The molecule has 0 aromatic heterocycles. The van der Waals surface area contributed by atoms with Gasteiger partial charge >= 0.3 is 0 Å². The number of hydrazone groups is 1. The molecule has 0 bridgehead atoms. The van der Waals surface area contributed by atoms with Crippen molar-refractivity contribution < 1.29 is 13.9 Å². The third-order valence-corrected chi connectivity index (χ3v) is 5.58. The molecule has 3 aromatic rings. The fourth-order valence-electron chi connectivity index (χ4n) is 3.91. The lowest BCUT2D eigenvalue weighted by atomic mass is 9.95. The average molecular weight is 409 g/mol. The van der Waals surface area contributed by atoms with Gasteiger partial charge in [-0.05, 0) is 35.9 Å². The van der Waals surface area contributed by atoms with Crippen LogP contribution in [0.2, 0.25) is 5.02 Å². The van der Waals surface area contributed by atoms with Crippen LogP contribution >= 0.6 is 11.6 Å². The summed E-state index contributed by atoms with van der Waals surface area (Å²) in [6, 6.07) is 19.9. The molecular weight excluding hydrogens is 391 g/mol.